The van der Waals surface area contributed by atoms with Crippen molar-refractivity contribution in [3.8, 4) is 5.75 Å². The molecule has 21 heavy (non-hydrogen) atoms. The smallest absolute Gasteiger partial charge is 0.189 e. The van der Waals surface area contributed by atoms with Crippen LogP contribution in [-0.4, -0.2) is 12.9 Å². The van der Waals surface area contributed by atoms with Gasteiger partial charge in [-0.3, -0.25) is 4.79 Å². The van der Waals surface area contributed by atoms with Gasteiger partial charge in [0.2, 0.25) is 0 Å². The van der Waals surface area contributed by atoms with Crippen molar-refractivity contribution in [1.29, 1.82) is 0 Å². The summed E-state index contributed by atoms with van der Waals surface area (Å²) in [6.45, 7) is 4.33. The molecule has 2 rings (SSSR count). The zero-order chi connectivity index (χ0) is 15.2. The lowest BCUT2D eigenvalue weighted by Crippen LogP contribution is -1.98. The number of allylic oxidation sites excluding steroid dienone is 1. The molecule has 0 amide bonds. The van der Waals surface area contributed by atoms with Crippen LogP contribution in [0.25, 0.3) is 6.08 Å². The third-order valence-corrected chi connectivity index (χ3v) is 3.40. The molecule has 0 bridgehead atoms. The molecule has 0 aliphatic heterocycles. The van der Waals surface area contributed by atoms with Gasteiger partial charge in [0.05, 0.1) is 12.7 Å². The molecule has 0 aliphatic rings. The summed E-state index contributed by atoms with van der Waals surface area (Å²) >= 11 is 0. The molecule has 0 N–H and O–H groups in total. The molecule has 2 aromatic carbocycles. The SMILES string of the molecule is COc1ccccc1C(=O)C=Cc1ccc(C(C)C)cc1. The molecule has 0 fully saturated rings. The van der Waals surface area contributed by atoms with Crippen LogP contribution in [0, 0.1) is 0 Å². The van der Waals surface area contributed by atoms with Crippen molar-refractivity contribution in [2.24, 2.45) is 0 Å². The van der Waals surface area contributed by atoms with Crippen LogP contribution in [-0.2, 0) is 0 Å². The first-order valence-corrected chi connectivity index (χ1v) is 7.07. The van der Waals surface area contributed by atoms with E-state index in [0.717, 1.165) is 5.56 Å². The van der Waals surface area contributed by atoms with Crippen LogP contribution in [0.1, 0.15) is 41.3 Å². The Kier molecular flexibility index (Phi) is 4.94. The number of hydrogen-bond donors (Lipinski definition) is 0. The lowest BCUT2D eigenvalue weighted by Gasteiger charge is -2.05. The number of ketones is 1. The van der Waals surface area contributed by atoms with E-state index in [0.29, 0.717) is 17.2 Å². The second-order valence-corrected chi connectivity index (χ2v) is 5.22. The molecule has 0 aromatic heterocycles. The van der Waals surface area contributed by atoms with Gasteiger partial charge in [-0.25, -0.2) is 0 Å². The molecule has 0 aliphatic carbocycles. The van der Waals surface area contributed by atoms with E-state index in [1.807, 2.05) is 30.3 Å². The van der Waals surface area contributed by atoms with Gasteiger partial charge in [-0.1, -0.05) is 56.3 Å². The minimum Gasteiger partial charge on any atom is -0.496 e. The normalized spacial score (nSPS) is 11.0. The topological polar surface area (TPSA) is 26.3 Å². The fourth-order valence-electron chi connectivity index (χ4n) is 2.10. The van der Waals surface area contributed by atoms with Gasteiger partial charge >= 0.3 is 0 Å². The Hall–Kier alpha value is -2.35. The van der Waals surface area contributed by atoms with Crippen molar-refractivity contribution in [3.63, 3.8) is 0 Å². The van der Waals surface area contributed by atoms with E-state index >= 15 is 0 Å². The van der Waals surface area contributed by atoms with E-state index in [1.165, 1.54) is 5.56 Å². The van der Waals surface area contributed by atoms with Crippen molar-refractivity contribution in [2.75, 3.05) is 7.11 Å². The van der Waals surface area contributed by atoms with Gasteiger partial charge < -0.3 is 4.74 Å². The fraction of sp³-hybridized carbons (Fsp3) is 0.211. The molecule has 0 spiro atoms. The minimum atomic E-state index is -0.0552. The third kappa shape index (κ3) is 3.82. The van der Waals surface area contributed by atoms with Gasteiger partial charge in [-0.15, -0.1) is 0 Å². The van der Waals surface area contributed by atoms with Crippen LogP contribution in [0.15, 0.2) is 54.6 Å². The standard InChI is InChI=1S/C19H20O2/c1-14(2)16-11-8-15(9-12-16)10-13-18(20)17-6-4-5-7-19(17)21-3/h4-14H,1-3H3. The summed E-state index contributed by atoms with van der Waals surface area (Å²) in [7, 11) is 1.57. The summed E-state index contributed by atoms with van der Waals surface area (Å²) in [5, 5.41) is 0. The molecule has 0 unspecified atom stereocenters. The molecule has 0 radical (unpaired) electrons. The lowest BCUT2D eigenvalue weighted by atomic mass is 10.0. The largest absolute Gasteiger partial charge is 0.496 e. The second kappa shape index (κ2) is 6.89. The Balaban J connectivity index is 2.15. The summed E-state index contributed by atoms with van der Waals surface area (Å²) in [4.78, 5) is 12.2. The number of carbonyl (C=O) groups excluding carboxylic acids is 1. The molecule has 0 saturated carbocycles. The van der Waals surface area contributed by atoms with Crippen molar-refractivity contribution in [2.45, 2.75) is 19.8 Å². The van der Waals surface area contributed by atoms with Gasteiger partial charge in [0.25, 0.3) is 0 Å². The molecular weight excluding hydrogens is 260 g/mol. The predicted octanol–water partition coefficient (Wildman–Crippen LogP) is 4.71. The first-order chi connectivity index (χ1) is 10.1. The number of methoxy groups -OCH3 is 1. The van der Waals surface area contributed by atoms with Crippen LogP contribution >= 0.6 is 0 Å². The van der Waals surface area contributed by atoms with E-state index in [-0.39, 0.29) is 5.78 Å². The summed E-state index contributed by atoms with van der Waals surface area (Å²) in [5.74, 6) is 1.06. The maximum atomic E-state index is 12.2. The summed E-state index contributed by atoms with van der Waals surface area (Å²) < 4.78 is 5.21. The summed E-state index contributed by atoms with van der Waals surface area (Å²) in [5.41, 5.74) is 2.89. The van der Waals surface area contributed by atoms with Gasteiger partial charge in [0.15, 0.2) is 5.78 Å². The zero-order valence-electron chi connectivity index (χ0n) is 12.7. The molecule has 2 heteroatoms. The average molecular weight is 280 g/mol. The Bertz CT molecular complexity index is 637. The maximum absolute atomic E-state index is 12.2. The first-order valence-electron chi connectivity index (χ1n) is 7.07. The van der Waals surface area contributed by atoms with Gasteiger partial charge in [0, 0.05) is 0 Å². The van der Waals surface area contributed by atoms with E-state index in [1.54, 1.807) is 25.3 Å². The zero-order valence-corrected chi connectivity index (χ0v) is 12.7. The van der Waals surface area contributed by atoms with E-state index < -0.39 is 0 Å². The lowest BCUT2D eigenvalue weighted by molar-refractivity contribution is 0.104. The van der Waals surface area contributed by atoms with Crippen LogP contribution < -0.4 is 4.74 Å². The average Bonchev–Trinajstić information content (AvgIpc) is 2.52. The maximum Gasteiger partial charge on any atom is 0.189 e. The fourth-order valence-corrected chi connectivity index (χ4v) is 2.10. The molecule has 2 aromatic rings. The van der Waals surface area contributed by atoms with Crippen molar-refractivity contribution < 1.29 is 9.53 Å². The van der Waals surface area contributed by atoms with Gasteiger partial charge in [-0.2, -0.15) is 0 Å². The highest BCUT2D eigenvalue weighted by Gasteiger charge is 2.07. The number of hydrogen-bond acceptors (Lipinski definition) is 2. The minimum absolute atomic E-state index is 0.0552. The first kappa shape index (κ1) is 15.0. The third-order valence-electron chi connectivity index (χ3n) is 3.40. The highest BCUT2D eigenvalue weighted by molar-refractivity contribution is 6.08. The summed E-state index contributed by atoms with van der Waals surface area (Å²) in [6, 6.07) is 15.5. The van der Waals surface area contributed by atoms with E-state index in [9.17, 15) is 4.79 Å². The Labute approximate surface area is 126 Å². The molecule has 108 valence electrons. The van der Waals surface area contributed by atoms with Gasteiger partial charge in [0.1, 0.15) is 5.75 Å². The number of ether oxygens (including phenoxy) is 1. The van der Waals surface area contributed by atoms with Crippen molar-refractivity contribution >= 4 is 11.9 Å². The predicted molar refractivity (Wildman–Crippen MR) is 86.9 cm³/mol. The van der Waals surface area contributed by atoms with Crippen molar-refractivity contribution in [1.82, 2.24) is 0 Å². The highest BCUT2D eigenvalue weighted by Crippen LogP contribution is 2.19. The molecule has 2 nitrogen and oxygen atoms in total. The number of benzene rings is 2. The quantitative estimate of drug-likeness (QED) is 0.585. The molecule has 0 heterocycles. The highest BCUT2D eigenvalue weighted by atomic mass is 16.5. The Morgan fingerprint density at radius 2 is 1.71 bits per heavy atom. The van der Waals surface area contributed by atoms with E-state index in [4.69, 9.17) is 4.74 Å². The monoisotopic (exact) mass is 280 g/mol. The second-order valence-electron chi connectivity index (χ2n) is 5.22. The molecular formula is C19H20O2. The van der Waals surface area contributed by atoms with Crippen LogP contribution in [0.5, 0.6) is 5.75 Å². The number of para-hydroxylation sites is 1. The Morgan fingerprint density at radius 1 is 1.05 bits per heavy atom. The molecule has 0 saturated heterocycles. The Morgan fingerprint density at radius 3 is 2.33 bits per heavy atom. The van der Waals surface area contributed by atoms with Crippen molar-refractivity contribution in [3.05, 3.63) is 71.3 Å². The van der Waals surface area contributed by atoms with E-state index in [2.05, 4.69) is 26.0 Å². The number of rotatable bonds is 5. The van der Waals surface area contributed by atoms with Crippen LogP contribution in [0.2, 0.25) is 0 Å². The molecule has 0 atom stereocenters. The number of carbonyl (C=O) groups is 1. The van der Waals surface area contributed by atoms with Crippen LogP contribution in [0.4, 0.5) is 0 Å². The summed E-state index contributed by atoms with van der Waals surface area (Å²) in [6.07, 6.45) is 3.42. The van der Waals surface area contributed by atoms with Gasteiger partial charge in [-0.05, 0) is 35.3 Å². The van der Waals surface area contributed by atoms with Crippen LogP contribution in [0.3, 0.4) is 0 Å².